The van der Waals surface area contributed by atoms with E-state index in [0.717, 1.165) is 18.4 Å². The van der Waals surface area contributed by atoms with Crippen LogP contribution in [0.3, 0.4) is 0 Å². The number of carbonyl (C=O) groups is 2. The molecule has 5 nitrogen and oxygen atoms in total. The van der Waals surface area contributed by atoms with Crippen LogP contribution in [0, 0.1) is 11.3 Å². The topological polar surface area (TPSA) is 64.6 Å². The maximum Gasteiger partial charge on any atom is 0.408 e. The normalized spacial score (nSPS) is 20.9. The lowest BCUT2D eigenvalue weighted by Crippen LogP contribution is -2.50. The van der Waals surface area contributed by atoms with Crippen molar-refractivity contribution in [2.24, 2.45) is 11.3 Å². The Hall–Kier alpha value is -2.30. The van der Waals surface area contributed by atoms with Gasteiger partial charge >= 0.3 is 12.1 Å². The Morgan fingerprint density at radius 3 is 2.56 bits per heavy atom. The van der Waals surface area contributed by atoms with E-state index in [2.05, 4.69) is 11.9 Å². The molecule has 1 aromatic rings. The van der Waals surface area contributed by atoms with Crippen LogP contribution in [0.15, 0.2) is 43.0 Å². The monoisotopic (exact) mass is 373 g/mol. The molecule has 1 aliphatic rings. The third-order valence-corrected chi connectivity index (χ3v) is 4.79. The number of alkyl carbamates (subject to hydrolysis) is 1. The summed E-state index contributed by atoms with van der Waals surface area (Å²) in [6.45, 7) is 11.6. The van der Waals surface area contributed by atoms with E-state index in [9.17, 15) is 9.59 Å². The van der Waals surface area contributed by atoms with Crippen LogP contribution < -0.4 is 5.32 Å². The molecule has 0 radical (unpaired) electrons. The third kappa shape index (κ3) is 6.42. The number of rotatable bonds is 8. The minimum atomic E-state index is -0.774. The number of amides is 1. The first kappa shape index (κ1) is 21.0. The van der Waals surface area contributed by atoms with E-state index in [1.54, 1.807) is 0 Å². The van der Waals surface area contributed by atoms with Crippen LogP contribution in [0.4, 0.5) is 4.79 Å². The van der Waals surface area contributed by atoms with Crippen molar-refractivity contribution >= 4 is 12.1 Å². The molecule has 2 rings (SSSR count). The van der Waals surface area contributed by atoms with Crippen molar-refractivity contribution in [1.29, 1.82) is 0 Å². The van der Waals surface area contributed by atoms with Gasteiger partial charge in [0.1, 0.15) is 12.1 Å². The average Bonchev–Trinajstić information content (AvgIpc) is 3.34. The fourth-order valence-corrected chi connectivity index (χ4v) is 2.91. The van der Waals surface area contributed by atoms with Gasteiger partial charge in [-0.05, 0) is 23.8 Å². The molecule has 1 aliphatic carbocycles. The molecule has 27 heavy (non-hydrogen) atoms. The van der Waals surface area contributed by atoms with Gasteiger partial charge < -0.3 is 14.8 Å². The van der Waals surface area contributed by atoms with Gasteiger partial charge in [-0.3, -0.25) is 0 Å². The highest BCUT2D eigenvalue weighted by Gasteiger charge is 2.41. The van der Waals surface area contributed by atoms with Gasteiger partial charge in [0.05, 0.1) is 6.61 Å². The zero-order valence-corrected chi connectivity index (χ0v) is 16.7. The lowest BCUT2D eigenvalue weighted by molar-refractivity contribution is -0.149. The molecule has 0 spiro atoms. The first-order valence-electron chi connectivity index (χ1n) is 9.52. The molecule has 0 aliphatic heterocycles. The Labute approximate surface area is 162 Å². The number of hydrogen-bond acceptors (Lipinski definition) is 4. The van der Waals surface area contributed by atoms with E-state index in [4.69, 9.17) is 9.47 Å². The summed E-state index contributed by atoms with van der Waals surface area (Å²) in [4.78, 5) is 24.8. The zero-order chi connectivity index (χ0) is 20.0. The van der Waals surface area contributed by atoms with E-state index in [1.807, 2.05) is 64.1 Å². The van der Waals surface area contributed by atoms with Gasteiger partial charge in [0.25, 0.3) is 0 Å². The molecule has 5 heteroatoms. The van der Waals surface area contributed by atoms with Crippen molar-refractivity contribution in [1.82, 2.24) is 5.32 Å². The van der Waals surface area contributed by atoms with Gasteiger partial charge in [-0.25, -0.2) is 9.59 Å². The van der Waals surface area contributed by atoms with Crippen LogP contribution in [0.1, 0.15) is 52.0 Å². The van der Waals surface area contributed by atoms with Crippen molar-refractivity contribution in [2.45, 2.75) is 58.6 Å². The minimum Gasteiger partial charge on any atom is -0.464 e. The largest absolute Gasteiger partial charge is 0.464 e. The standard InChI is InChI=1S/C22H31NO4/c1-6-10-17-13-18(17)27-21(25)23-19(22(3,4)5)20(24)26-14-15(2)16-11-8-7-9-12-16/h6-9,11-12,15,17-19H,1,10,13-14H2,2-5H3,(H,23,25)/t15?,17-,18-,19-/m1/s1. The van der Waals surface area contributed by atoms with Crippen molar-refractivity contribution in [3.8, 4) is 0 Å². The van der Waals surface area contributed by atoms with Crippen molar-refractivity contribution in [3.63, 3.8) is 0 Å². The molecule has 0 bridgehead atoms. The van der Waals surface area contributed by atoms with Crippen molar-refractivity contribution in [3.05, 3.63) is 48.6 Å². The van der Waals surface area contributed by atoms with E-state index in [0.29, 0.717) is 5.92 Å². The highest BCUT2D eigenvalue weighted by molar-refractivity contribution is 5.82. The quantitative estimate of drug-likeness (QED) is 0.540. The second-order valence-electron chi connectivity index (χ2n) is 8.35. The Balaban J connectivity index is 1.88. The Morgan fingerprint density at radius 1 is 1.30 bits per heavy atom. The van der Waals surface area contributed by atoms with E-state index in [-0.39, 0.29) is 18.6 Å². The summed E-state index contributed by atoms with van der Waals surface area (Å²) >= 11 is 0. The molecule has 1 unspecified atom stereocenters. The highest BCUT2D eigenvalue weighted by Crippen LogP contribution is 2.37. The highest BCUT2D eigenvalue weighted by atomic mass is 16.6. The first-order chi connectivity index (χ1) is 12.7. The fourth-order valence-electron chi connectivity index (χ4n) is 2.91. The fraction of sp³-hybridized carbons (Fsp3) is 0.545. The Bertz CT molecular complexity index is 650. The molecule has 1 N–H and O–H groups in total. The molecule has 0 saturated heterocycles. The van der Waals surface area contributed by atoms with Gasteiger partial charge in [0.2, 0.25) is 0 Å². The second-order valence-corrected chi connectivity index (χ2v) is 8.35. The smallest absolute Gasteiger partial charge is 0.408 e. The van der Waals surface area contributed by atoms with Crippen molar-refractivity contribution < 1.29 is 19.1 Å². The molecule has 1 saturated carbocycles. The SMILES string of the molecule is C=CC[C@@H]1C[C@H]1OC(=O)N[C@H](C(=O)OCC(C)c1ccccc1)C(C)(C)C. The summed E-state index contributed by atoms with van der Waals surface area (Å²) < 4.78 is 10.9. The number of esters is 1. The molecule has 1 fully saturated rings. The van der Waals surface area contributed by atoms with Crippen LogP contribution in [0.25, 0.3) is 0 Å². The molecule has 1 amide bonds. The number of carbonyl (C=O) groups excluding carboxylic acids is 2. The van der Waals surface area contributed by atoms with Gasteiger partial charge in [0, 0.05) is 11.8 Å². The Morgan fingerprint density at radius 2 is 1.96 bits per heavy atom. The van der Waals surface area contributed by atoms with Crippen LogP contribution in [0.5, 0.6) is 0 Å². The lowest BCUT2D eigenvalue weighted by Gasteiger charge is -2.29. The molecule has 1 aromatic carbocycles. The van der Waals surface area contributed by atoms with Gasteiger partial charge in [-0.1, -0.05) is 64.1 Å². The van der Waals surface area contributed by atoms with Crippen LogP contribution in [-0.4, -0.2) is 30.8 Å². The summed E-state index contributed by atoms with van der Waals surface area (Å²) in [7, 11) is 0. The molecule has 0 aromatic heterocycles. The predicted molar refractivity (Wildman–Crippen MR) is 105 cm³/mol. The van der Waals surface area contributed by atoms with E-state index < -0.39 is 23.5 Å². The van der Waals surface area contributed by atoms with Crippen LogP contribution in [0.2, 0.25) is 0 Å². The Kier molecular flexibility index (Phi) is 7.05. The third-order valence-electron chi connectivity index (χ3n) is 4.79. The first-order valence-corrected chi connectivity index (χ1v) is 9.52. The number of nitrogens with one attached hydrogen (secondary N) is 1. The number of benzene rings is 1. The van der Waals surface area contributed by atoms with Gasteiger partial charge in [-0.2, -0.15) is 0 Å². The van der Waals surface area contributed by atoms with Gasteiger partial charge in [-0.15, -0.1) is 6.58 Å². The molecule has 4 atom stereocenters. The predicted octanol–water partition coefficient (Wildman–Crippen LogP) is 4.44. The second kappa shape index (κ2) is 9.07. The lowest BCUT2D eigenvalue weighted by atomic mass is 9.87. The van der Waals surface area contributed by atoms with Gasteiger partial charge in [0.15, 0.2) is 0 Å². The summed E-state index contributed by atoms with van der Waals surface area (Å²) in [5.74, 6) is -0.0190. The summed E-state index contributed by atoms with van der Waals surface area (Å²) in [6.07, 6.45) is 2.85. The van der Waals surface area contributed by atoms with E-state index >= 15 is 0 Å². The summed E-state index contributed by atoms with van der Waals surface area (Å²) in [5.41, 5.74) is 0.614. The molecular formula is C22H31NO4. The number of allylic oxidation sites excluding steroid dienone is 1. The maximum absolute atomic E-state index is 12.6. The number of hydrogen-bond donors (Lipinski definition) is 1. The summed E-state index contributed by atoms with van der Waals surface area (Å²) in [6, 6.07) is 9.10. The summed E-state index contributed by atoms with van der Waals surface area (Å²) in [5, 5.41) is 2.69. The van der Waals surface area contributed by atoms with Crippen LogP contribution >= 0.6 is 0 Å². The minimum absolute atomic E-state index is 0.0776. The average molecular weight is 373 g/mol. The zero-order valence-electron chi connectivity index (χ0n) is 16.7. The maximum atomic E-state index is 12.6. The van der Waals surface area contributed by atoms with Crippen molar-refractivity contribution in [2.75, 3.05) is 6.61 Å². The van der Waals surface area contributed by atoms with E-state index in [1.165, 1.54) is 0 Å². The number of ether oxygens (including phenoxy) is 2. The molecular weight excluding hydrogens is 342 g/mol. The molecule has 0 heterocycles. The molecule has 148 valence electrons. The van der Waals surface area contributed by atoms with Crippen LogP contribution in [-0.2, 0) is 14.3 Å².